The highest BCUT2D eigenvalue weighted by Gasteiger charge is 2.12. The van der Waals surface area contributed by atoms with Crippen LogP contribution in [-0.4, -0.2) is 39.5 Å². The molecule has 0 aromatic carbocycles. The SMILES string of the molecule is CCCOCCOC[C@H]1CCCNC1. The minimum atomic E-state index is 0.718. The molecule has 0 unspecified atom stereocenters. The molecule has 1 aliphatic heterocycles. The highest BCUT2D eigenvalue weighted by atomic mass is 16.5. The molecule has 84 valence electrons. The van der Waals surface area contributed by atoms with Crippen LogP contribution in [0.4, 0.5) is 0 Å². The van der Waals surface area contributed by atoms with E-state index in [-0.39, 0.29) is 0 Å². The van der Waals surface area contributed by atoms with Gasteiger partial charge in [0.05, 0.1) is 19.8 Å². The number of rotatable bonds is 7. The van der Waals surface area contributed by atoms with Gasteiger partial charge in [0, 0.05) is 13.2 Å². The summed E-state index contributed by atoms with van der Waals surface area (Å²) >= 11 is 0. The van der Waals surface area contributed by atoms with Crippen molar-refractivity contribution in [2.24, 2.45) is 5.92 Å². The summed E-state index contributed by atoms with van der Waals surface area (Å²) in [5.74, 6) is 0.718. The fourth-order valence-electron chi connectivity index (χ4n) is 1.68. The van der Waals surface area contributed by atoms with Crippen LogP contribution in [0.3, 0.4) is 0 Å². The van der Waals surface area contributed by atoms with E-state index < -0.39 is 0 Å². The summed E-state index contributed by atoms with van der Waals surface area (Å²) < 4.78 is 10.9. The van der Waals surface area contributed by atoms with Crippen LogP contribution in [-0.2, 0) is 9.47 Å². The summed E-state index contributed by atoms with van der Waals surface area (Å²) in [6.45, 7) is 7.65. The van der Waals surface area contributed by atoms with Crippen molar-refractivity contribution in [1.29, 1.82) is 0 Å². The van der Waals surface area contributed by atoms with Crippen molar-refractivity contribution in [3.05, 3.63) is 0 Å². The fourth-order valence-corrected chi connectivity index (χ4v) is 1.68. The number of hydrogen-bond acceptors (Lipinski definition) is 3. The smallest absolute Gasteiger partial charge is 0.0700 e. The van der Waals surface area contributed by atoms with Crippen molar-refractivity contribution in [2.45, 2.75) is 26.2 Å². The van der Waals surface area contributed by atoms with Crippen LogP contribution in [0.5, 0.6) is 0 Å². The highest BCUT2D eigenvalue weighted by Crippen LogP contribution is 2.09. The van der Waals surface area contributed by atoms with Gasteiger partial charge in [-0.2, -0.15) is 0 Å². The zero-order chi connectivity index (χ0) is 10.1. The van der Waals surface area contributed by atoms with E-state index in [2.05, 4.69) is 12.2 Å². The van der Waals surface area contributed by atoms with Gasteiger partial charge in [0.15, 0.2) is 0 Å². The fraction of sp³-hybridized carbons (Fsp3) is 1.00. The van der Waals surface area contributed by atoms with Crippen LogP contribution in [0.15, 0.2) is 0 Å². The summed E-state index contributed by atoms with van der Waals surface area (Å²) in [6.07, 6.45) is 3.69. The van der Waals surface area contributed by atoms with E-state index in [0.717, 1.165) is 45.3 Å². The average molecular weight is 201 g/mol. The Morgan fingerprint density at radius 2 is 2.07 bits per heavy atom. The second-order valence-electron chi connectivity index (χ2n) is 3.90. The summed E-state index contributed by atoms with van der Waals surface area (Å²) in [5.41, 5.74) is 0. The molecule has 1 N–H and O–H groups in total. The highest BCUT2D eigenvalue weighted by molar-refractivity contribution is 4.67. The Morgan fingerprint density at radius 3 is 2.79 bits per heavy atom. The van der Waals surface area contributed by atoms with Crippen LogP contribution in [0.2, 0.25) is 0 Å². The van der Waals surface area contributed by atoms with Gasteiger partial charge in [-0.25, -0.2) is 0 Å². The van der Waals surface area contributed by atoms with Crippen molar-refractivity contribution in [2.75, 3.05) is 39.5 Å². The normalized spacial score (nSPS) is 22.5. The molecule has 0 aliphatic carbocycles. The lowest BCUT2D eigenvalue weighted by atomic mass is 10.0. The van der Waals surface area contributed by atoms with E-state index in [0.29, 0.717) is 0 Å². The number of piperidine rings is 1. The molecular weight excluding hydrogens is 178 g/mol. The Bertz CT molecular complexity index is 124. The van der Waals surface area contributed by atoms with Gasteiger partial charge in [0.1, 0.15) is 0 Å². The molecule has 0 saturated carbocycles. The lowest BCUT2D eigenvalue weighted by Gasteiger charge is -2.22. The number of nitrogens with one attached hydrogen (secondary N) is 1. The molecule has 1 atom stereocenters. The first-order valence-electron chi connectivity index (χ1n) is 5.79. The van der Waals surface area contributed by atoms with E-state index in [1.165, 1.54) is 19.4 Å². The number of ether oxygens (including phenoxy) is 2. The first-order chi connectivity index (χ1) is 6.93. The van der Waals surface area contributed by atoms with Gasteiger partial charge in [-0.05, 0) is 31.7 Å². The van der Waals surface area contributed by atoms with Crippen LogP contribution >= 0.6 is 0 Å². The first-order valence-corrected chi connectivity index (χ1v) is 5.79. The molecule has 1 aliphatic rings. The molecule has 1 saturated heterocycles. The third kappa shape index (κ3) is 5.58. The minimum absolute atomic E-state index is 0.718. The van der Waals surface area contributed by atoms with E-state index in [9.17, 15) is 0 Å². The van der Waals surface area contributed by atoms with Gasteiger partial charge >= 0.3 is 0 Å². The molecule has 0 spiro atoms. The molecule has 0 aromatic heterocycles. The molecule has 0 aromatic rings. The van der Waals surface area contributed by atoms with Gasteiger partial charge in [-0.3, -0.25) is 0 Å². The van der Waals surface area contributed by atoms with E-state index in [1.54, 1.807) is 0 Å². The number of hydrogen-bond donors (Lipinski definition) is 1. The molecule has 0 radical (unpaired) electrons. The van der Waals surface area contributed by atoms with Crippen LogP contribution < -0.4 is 5.32 Å². The monoisotopic (exact) mass is 201 g/mol. The zero-order valence-electron chi connectivity index (χ0n) is 9.26. The zero-order valence-corrected chi connectivity index (χ0v) is 9.26. The summed E-state index contributed by atoms with van der Waals surface area (Å²) in [7, 11) is 0. The van der Waals surface area contributed by atoms with E-state index in [4.69, 9.17) is 9.47 Å². The Balaban J connectivity index is 1.82. The second kappa shape index (κ2) is 8.21. The van der Waals surface area contributed by atoms with Gasteiger partial charge in [0.2, 0.25) is 0 Å². The van der Waals surface area contributed by atoms with Crippen molar-refractivity contribution in [3.63, 3.8) is 0 Å². The van der Waals surface area contributed by atoms with Gasteiger partial charge in [-0.15, -0.1) is 0 Å². The quantitative estimate of drug-likeness (QED) is 0.632. The predicted molar refractivity (Wildman–Crippen MR) is 57.5 cm³/mol. The lowest BCUT2D eigenvalue weighted by molar-refractivity contribution is 0.0301. The van der Waals surface area contributed by atoms with Crippen LogP contribution in [0, 0.1) is 5.92 Å². The minimum Gasteiger partial charge on any atom is -0.379 e. The molecule has 14 heavy (non-hydrogen) atoms. The summed E-state index contributed by atoms with van der Waals surface area (Å²) in [4.78, 5) is 0. The van der Waals surface area contributed by atoms with Gasteiger partial charge < -0.3 is 14.8 Å². The largest absolute Gasteiger partial charge is 0.379 e. The molecular formula is C11H23NO2. The topological polar surface area (TPSA) is 30.5 Å². The van der Waals surface area contributed by atoms with E-state index >= 15 is 0 Å². The predicted octanol–water partition coefficient (Wildman–Crippen LogP) is 1.43. The second-order valence-corrected chi connectivity index (χ2v) is 3.90. The molecule has 0 amide bonds. The maximum absolute atomic E-state index is 5.55. The lowest BCUT2D eigenvalue weighted by Crippen LogP contribution is -2.32. The molecule has 0 bridgehead atoms. The summed E-state index contributed by atoms with van der Waals surface area (Å²) in [5, 5.41) is 3.38. The van der Waals surface area contributed by atoms with Crippen LogP contribution in [0.25, 0.3) is 0 Å². The maximum atomic E-state index is 5.55. The van der Waals surface area contributed by atoms with Gasteiger partial charge in [0.25, 0.3) is 0 Å². The molecule has 1 heterocycles. The first kappa shape index (κ1) is 12.0. The van der Waals surface area contributed by atoms with E-state index in [1.807, 2.05) is 0 Å². The maximum Gasteiger partial charge on any atom is 0.0700 e. The van der Waals surface area contributed by atoms with Crippen LogP contribution in [0.1, 0.15) is 26.2 Å². The van der Waals surface area contributed by atoms with Crippen molar-refractivity contribution >= 4 is 0 Å². The Labute approximate surface area is 87.2 Å². The Kier molecular flexibility index (Phi) is 7.01. The third-order valence-electron chi connectivity index (χ3n) is 2.47. The standard InChI is InChI=1S/C11H23NO2/c1-2-6-13-7-8-14-10-11-4-3-5-12-9-11/h11-12H,2-10H2,1H3/t11-/m0/s1. The molecule has 3 heteroatoms. The summed E-state index contributed by atoms with van der Waals surface area (Å²) in [6, 6.07) is 0. The van der Waals surface area contributed by atoms with Crippen molar-refractivity contribution in [3.8, 4) is 0 Å². The third-order valence-corrected chi connectivity index (χ3v) is 2.47. The average Bonchev–Trinajstić information content (AvgIpc) is 2.25. The molecule has 1 fully saturated rings. The Morgan fingerprint density at radius 1 is 1.21 bits per heavy atom. The van der Waals surface area contributed by atoms with Gasteiger partial charge in [-0.1, -0.05) is 6.92 Å². The Hall–Kier alpha value is -0.120. The van der Waals surface area contributed by atoms with Crippen molar-refractivity contribution in [1.82, 2.24) is 5.32 Å². The molecule has 3 nitrogen and oxygen atoms in total. The molecule has 1 rings (SSSR count). The van der Waals surface area contributed by atoms with Crippen molar-refractivity contribution < 1.29 is 9.47 Å².